The second-order valence-electron chi connectivity index (χ2n) is 5.59. The second kappa shape index (κ2) is 5.20. The van der Waals surface area contributed by atoms with E-state index in [1.54, 1.807) is 0 Å². The Kier molecular flexibility index (Phi) is 3.51. The van der Waals surface area contributed by atoms with E-state index in [1.165, 1.54) is 6.07 Å². The highest BCUT2D eigenvalue weighted by Crippen LogP contribution is 2.46. The number of benzene rings is 2. The van der Waals surface area contributed by atoms with Gasteiger partial charge in [0.1, 0.15) is 0 Å². The molecule has 110 valence electrons. The van der Waals surface area contributed by atoms with E-state index < -0.39 is 23.2 Å². The summed E-state index contributed by atoms with van der Waals surface area (Å²) >= 11 is 0. The van der Waals surface area contributed by atoms with E-state index >= 15 is 0 Å². The van der Waals surface area contributed by atoms with Gasteiger partial charge in [0.25, 0.3) is 0 Å². The van der Waals surface area contributed by atoms with E-state index in [0.29, 0.717) is 12.0 Å². The molecule has 1 aliphatic carbocycles. The highest BCUT2D eigenvalue weighted by Gasteiger charge is 2.44. The van der Waals surface area contributed by atoms with Crippen molar-refractivity contribution in [3.05, 3.63) is 70.8 Å². The molecule has 0 spiro atoms. The number of aryl methyl sites for hydroxylation is 1. The fourth-order valence-corrected chi connectivity index (χ4v) is 3.33. The number of rotatable bonds is 3. The fourth-order valence-electron chi connectivity index (χ4n) is 3.33. The number of fused-ring (bicyclic) bond motifs is 1. The lowest BCUT2D eigenvalue weighted by Crippen LogP contribution is -2.39. The predicted molar refractivity (Wildman–Crippen MR) is 76.8 cm³/mol. The summed E-state index contributed by atoms with van der Waals surface area (Å²) in [5.41, 5.74) is 7.84. The van der Waals surface area contributed by atoms with Gasteiger partial charge >= 0.3 is 0 Å². The van der Waals surface area contributed by atoms with Gasteiger partial charge in [-0.05, 0) is 41.7 Å². The summed E-state index contributed by atoms with van der Waals surface area (Å²) in [6, 6.07) is 11.4. The van der Waals surface area contributed by atoms with Crippen molar-refractivity contribution in [2.24, 2.45) is 5.73 Å². The van der Waals surface area contributed by atoms with Gasteiger partial charge in [0, 0.05) is 12.0 Å². The SMILES string of the molecule is NCC1(C(O)c2ccc(F)c(F)c2)CCc2ccccc21. The highest BCUT2D eigenvalue weighted by atomic mass is 19.2. The Morgan fingerprint density at radius 2 is 1.90 bits per heavy atom. The van der Waals surface area contributed by atoms with Crippen LogP contribution in [0.25, 0.3) is 0 Å². The second-order valence-corrected chi connectivity index (χ2v) is 5.59. The molecule has 2 aromatic carbocycles. The van der Waals surface area contributed by atoms with Crippen molar-refractivity contribution in [1.82, 2.24) is 0 Å². The molecule has 3 rings (SSSR count). The van der Waals surface area contributed by atoms with Crippen LogP contribution in [0.5, 0.6) is 0 Å². The number of aliphatic hydroxyl groups excluding tert-OH is 1. The lowest BCUT2D eigenvalue weighted by atomic mass is 9.74. The molecule has 0 amide bonds. The monoisotopic (exact) mass is 289 g/mol. The summed E-state index contributed by atoms with van der Waals surface area (Å²) in [6.45, 7) is 0.254. The Morgan fingerprint density at radius 3 is 2.62 bits per heavy atom. The van der Waals surface area contributed by atoms with Crippen molar-refractivity contribution in [2.45, 2.75) is 24.4 Å². The molecule has 3 N–H and O–H groups in total. The number of hydrogen-bond donors (Lipinski definition) is 2. The number of halogens is 2. The van der Waals surface area contributed by atoms with Gasteiger partial charge in [-0.25, -0.2) is 8.78 Å². The van der Waals surface area contributed by atoms with E-state index in [1.807, 2.05) is 24.3 Å². The van der Waals surface area contributed by atoms with Crippen LogP contribution >= 0.6 is 0 Å². The molecule has 21 heavy (non-hydrogen) atoms. The normalized spacial score (nSPS) is 22.1. The minimum Gasteiger partial charge on any atom is -0.387 e. The number of aliphatic hydroxyl groups is 1. The van der Waals surface area contributed by atoms with Crippen LogP contribution in [0.3, 0.4) is 0 Å². The van der Waals surface area contributed by atoms with Crippen molar-refractivity contribution in [3.63, 3.8) is 0 Å². The first kappa shape index (κ1) is 14.2. The van der Waals surface area contributed by atoms with Gasteiger partial charge in [-0.15, -0.1) is 0 Å². The van der Waals surface area contributed by atoms with Crippen LogP contribution in [0.2, 0.25) is 0 Å². The number of nitrogens with two attached hydrogens (primary N) is 1. The summed E-state index contributed by atoms with van der Waals surface area (Å²) in [4.78, 5) is 0. The lowest BCUT2D eigenvalue weighted by molar-refractivity contribution is 0.0836. The van der Waals surface area contributed by atoms with E-state index in [4.69, 9.17) is 5.73 Å². The molecule has 1 aliphatic rings. The standard InChI is InChI=1S/C17H17F2NO/c18-14-6-5-12(9-15(14)19)16(21)17(10-20)8-7-11-3-1-2-4-13(11)17/h1-6,9,16,21H,7-8,10,20H2. The molecule has 2 atom stereocenters. The maximum absolute atomic E-state index is 13.4. The lowest BCUT2D eigenvalue weighted by Gasteiger charge is -2.34. The van der Waals surface area contributed by atoms with Gasteiger partial charge in [0.15, 0.2) is 11.6 Å². The van der Waals surface area contributed by atoms with E-state index in [0.717, 1.165) is 29.7 Å². The molecule has 0 aromatic heterocycles. The van der Waals surface area contributed by atoms with Crippen LogP contribution in [0.4, 0.5) is 8.78 Å². The maximum atomic E-state index is 13.4. The zero-order chi connectivity index (χ0) is 15.0. The summed E-state index contributed by atoms with van der Waals surface area (Å²) < 4.78 is 26.5. The third kappa shape index (κ3) is 2.15. The molecule has 2 nitrogen and oxygen atoms in total. The summed E-state index contributed by atoms with van der Waals surface area (Å²) in [5.74, 6) is -1.87. The Bertz CT molecular complexity index is 674. The van der Waals surface area contributed by atoms with Crippen LogP contribution < -0.4 is 5.73 Å². The smallest absolute Gasteiger partial charge is 0.159 e. The van der Waals surface area contributed by atoms with Gasteiger partial charge in [-0.1, -0.05) is 30.3 Å². The van der Waals surface area contributed by atoms with Gasteiger partial charge in [0.2, 0.25) is 0 Å². The minimum absolute atomic E-state index is 0.254. The van der Waals surface area contributed by atoms with Crippen molar-refractivity contribution in [3.8, 4) is 0 Å². The van der Waals surface area contributed by atoms with Crippen molar-refractivity contribution >= 4 is 0 Å². The molecule has 0 radical (unpaired) electrons. The average molecular weight is 289 g/mol. The van der Waals surface area contributed by atoms with E-state index in [2.05, 4.69) is 0 Å². The first-order chi connectivity index (χ1) is 10.1. The summed E-state index contributed by atoms with van der Waals surface area (Å²) in [5, 5.41) is 10.8. The maximum Gasteiger partial charge on any atom is 0.159 e. The predicted octanol–water partition coefficient (Wildman–Crippen LogP) is 2.84. The third-order valence-corrected chi connectivity index (χ3v) is 4.54. The molecule has 0 heterocycles. The molecule has 0 fully saturated rings. The quantitative estimate of drug-likeness (QED) is 0.912. The van der Waals surface area contributed by atoms with Gasteiger partial charge in [0.05, 0.1) is 6.10 Å². The average Bonchev–Trinajstić information content (AvgIpc) is 2.89. The van der Waals surface area contributed by atoms with Crippen LogP contribution in [-0.4, -0.2) is 11.7 Å². The Labute approximate surface area is 122 Å². The Morgan fingerprint density at radius 1 is 1.14 bits per heavy atom. The van der Waals surface area contributed by atoms with Crippen molar-refractivity contribution in [1.29, 1.82) is 0 Å². The van der Waals surface area contributed by atoms with Gasteiger partial charge < -0.3 is 10.8 Å². The molecular weight excluding hydrogens is 272 g/mol. The van der Waals surface area contributed by atoms with Crippen LogP contribution in [-0.2, 0) is 11.8 Å². The molecular formula is C17H17F2NO. The van der Waals surface area contributed by atoms with Crippen molar-refractivity contribution in [2.75, 3.05) is 6.54 Å². The molecule has 0 bridgehead atoms. The van der Waals surface area contributed by atoms with Crippen LogP contribution in [0.1, 0.15) is 29.2 Å². The van der Waals surface area contributed by atoms with E-state index in [-0.39, 0.29) is 6.54 Å². The van der Waals surface area contributed by atoms with E-state index in [9.17, 15) is 13.9 Å². The molecule has 0 saturated carbocycles. The number of hydrogen-bond acceptors (Lipinski definition) is 2. The largest absolute Gasteiger partial charge is 0.387 e. The highest BCUT2D eigenvalue weighted by molar-refractivity contribution is 5.43. The minimum atomic E-state index is -0.957. The summed E-state index contributed by atoms with van der Waals surface area (Å²) in [7, 11) is 0. The third-order valence-electron chi connectivity index (χ3n) is 4.54. The first-order valence-electron chi connectivity index (χ1n) is 7.00. The zero-order valence-corrected chi connectivity index (χ0v) is 11.5. The summed E-state index contributed by atoms with van der Waals surface area (Å²) in [6.07, 6.45) is 0.568. The van der Waals surface area contributed by atoms with Crippen LogP contribution in [0.15, 0.2) is 42.5 Å². The van der Waals surface area contributed by atoms with Crippen LogP contribution in [0, 0.1) is 11.6 Å². The molecule has 2 unspecified atom stereocenters. The topological polar surface area (TPSA) is 46.2 Å². The van der Waals surface area contributed by atoms with Crippen molar-refractivity contribution < 1.29 is 13.9 Å². The molecule has 4 heteroatoms. The molecule has 0 aliphatic heterocycles. The van der Waals surface area contributed by atoms with Gasteiger partial charge in [-0.2, -0.15) is 0 Å². The first-order valence-corrected chi connectivity index (χ1v) is 7.00. The fraction of sp³-hybridized carbons (Fsp3) is 0.294. The Balaban J connectivity index is 2.06. The molecule has 0 saturated heterocycles. The Hall–Kier alpha value is -1.78. The van der Waals surface area contributed by atoms with Gasteiger partial charge in [-0.3, -0.25) is 0 Å². The zero-order valence-electron chi connectivity index (χ0n) is 11.5. The molecule has 2 aromatic rings.